The molecule has 0 saturated heterocycles. The Morgan fingerprint density at radius 2 is 2.08 bits per heavy atom. The monoisotopic (exact) mass is 177 g/mol. The molecule has 0 aliphatic heterocycles. The van der Waals surface area contributed by atoms with E-state index in [1.807, 2.05) is 13.0 Å². The van der Waals surface area contributed by atoms with Crippen molar-refractivity contribution < 1.29 is 0 Å². The third kappa shape index (κ3) is 1.83. The van der Waals surface area contributed by atoms with Crippen molar-refractivity contribution in [3.63, 3.8) is 0 Å². The van der Waals surface area contributed by atoms with E-state index in [1.54, 1.807) is 0 Å². The fourth-order valence-electron chi connectivity index (χ4n) is 1.45. The van der Waals surface area contributed by atoms with Crippen LogP contribution >= 0.6 is 0 Å². The molecule has 0 aliphatic rings. The molecule has 13 heavy (non-hydrogen) atoms. The van der Waals surface area contributed by atoms with E-state index in [9.17, 15) is 0 Å². The Hall–Kier alpha value is -1.43. The van der Waals surface area contributed by atoms with Crippen LogP contribution in [0.4, 0.5) is 5.82 Å². The number of nitrogens with zero attached hydrogens (tertiary/aromatic N) is 2. The second-order valence-electron chi connectivity index (χ2n) is 3.00. The molecule has 0 atom stereocenters. The van der Waals surface area contributed by atoms with Crippen LogP contribution in [0.15, 0.2) is 6.07 Å². The van der Waals surface area contributed by atoms with Crippen LogP contribution in [0.3, 0.4) is 0 Å². The molecule has 1 rings (SSSR count). The molecule has 1 aromatic rings. The predicted octanol–water partition coefficient (Wildman–Crippen LogP) is 2.04. The summed E-state index contributed by atoms with van der Waals surface area (Å²) in [6, 6.07) is 4.08. The summed E-state index contributed by atoms with van der Waals surface area (Å²) in [5.41, 5.74) is 1.78. The molecule has 1 N–H and O–H groups in total. The molecule has 0 amide bonds. The Kier molecular flexibility index (Phi) is 2.97. The molecule has 0 fully saturated rings. The Balaban J connectivity index is 3.05. The van der Waals surface area contributed by atoms with Crippen molar-refractivity contribution in [1.82, 2.24) is 4.98 Å². The van der Waals surface area contributed by atoms with Gasteiger partial charge in [0.05, 0.1) is 5.56 Å². The average molecular weight is 177 g/mol. The van der Waals surface area contributed by atoms with E-state index in [-0.39, 0.29) is 0 Å². The summed E-state index contributed by atoms with van der Waals surface area (Å²) in [5.74, 6) is 0.949. The van der Waals surface area contributed by atoms with Crippen molar-refractivity contribution >= 4 is 5.82 Å². The SMILES string of the molecule is CCN(CC)c1[nH]c(C)cc1C#N. The number of aromatic amines is 1. The van der Waals surface area contributed by atoms with Gasteiger partial charge in [0.25, 0.3) is 0 Å². The number of aromatic nitrogens is 1. The Morgan fingerprint density at radius 3 is 2.54 bits per heavy atom. The molecule has 0 aliphatic carbocycles. The summed E-state index contributed by atoms with van der Waals surface area (Å²) < 4.78 is 0. The number of hydrogen-bond acceptors (Lipinski definition) is 2. The van der Waals surface area contributed by atoms with Crippen LogP contribution in [0, 0.1) is 18.3 Å². The summed E-state index contributed by atoms with van der Waals surface area (Å²) in [5, 5.41) is 8.88. The topological polar surface area (TPSA) is 42.8 Å². The maximum Gasteiger partial charge on any atom is 0.124 e. The van der Waals surface area contributed by atoms with E-state index in [2.05, 4.69) is 29.8 Å². The highest BCUT2D eigenvalue weighted by Crippen LogP contribution is 2.19. The van der Waals surface area contributed by atoms with Gasteiger partial charge in [0, 0.05) is 18.8 Å². The van der Waals surface area contributed by atoms with E-state index < -0.39 is 0 Å². The molecule has 3 nitrogen and oxygen atoms in total. The second-order valence-corrected chi connectivity index (χ2v) is 3.00. The molecular formula is C10H15N3. The fourth-order valence-corrected chi connectivity index (χ4v) is 1.45. The van der Waals surface area contributed by atoms with E-state index in [0.29, 0.717) is 0 Å². The van der Waals surface area contributed by atoms with Gasteiger partial charge in [0.1, 0.15) is 11.9 Å². The first kappa shape index (κ1) is 9.66. The molecule has 0 saturated carbocycles. The van der Waals surface area contributed by atoms with E-state index in [4.69, 9.17) is 5.26 Å². The van der Waals surface area contributed by atoms with Crippen LogP contribution in [0.2, 0.25) is 0 Å². The van der Waals surface area contributed by atoms with Crippen molar-refractivity contribution in [2.45, 2.75) is 20.8 Å². The van der Waals surface area contributed by atoms with E-state index in [1.165, 1.54) is 0 Å². The first-order valence-corrected chi connectivity index (χ1v) is 4.57. The van der Waals surface area contributed by atoms with Gasteiger partial charge in [-0.05, 0) is 26.8 Å². The lowest BCUT2D eigenvalue weighted by Gasteiger charge is -2.19. The number of nitriles is 1. The molecule has 3 heteroatoms. The molecule has 1 aromatic heterocycles. The summed E-state index contributed by atoms with van der Waals surface area (Å²) in [6.45, 7) is 7.98. The quantitative estimate of drug-likeness (QED) is 0.767. The summed E-state index contributed by atoms with van der Waals surface area (Å²) in [7, 11) is 0. The molecular weight excluding hydrogens is 162 g/mol. The maximum atomic E-state index is 8.88. The van der Waals surface area contributed by atoms with Crippen molar-refractivity contribution in [3.05, 3.63) is 17.3 Å². The van der Waals surface area contributed by atoms with Gasteiger partial charge in [-0.15, -0.1) is 0 Å². The zero-order chi connectivity index (χ0) is 9.84. The zero-order valence-electron chi connectivity index (χ0n) is 8.39. The van der Waals surface area contributed by atoms with E-state index >= 15 is 0 Å². The van der Waals surface area contributed by atoms with Crippen molar-refractivity contribution in [2.24, 2.45) is 0 Å². The number of nitrogens with one attached hydrogen (secondary N) is 1. The van der Waals surface area contributed by atoms with E-state index in [0.717, 1.165) is 30.2 Å². The summed E-state index contributed by atoms with van der Waals surface area (Å²) in [4.78, 5) is 5.35. The van der Waals surface area contributed by atoms with Crippen molar-refractivity contribution in [2.75, 3.05) is 18.0 Å². The van der Waals surface area contributed by atoms with Crippen LogP contribution in [-0.4, -0.2) is 18.1 Å². The molecule has 1 heterocycles. The molecule has 70 valence electrons. The highest BCUT2D eigenvalue weighted by molar-refractivity contribution is 5.55. The highest BCUT2D eigenvalue weighted by atomic mass is 15.2. The van der Waals surface area contributed by atoms with Gasteiger partial charge in [-0.3, -0.25) is 0 Å². The van der Waals surface area contributed by atoms with Crippen LogP contribution in [0.5, 0.6) is 0 Å². The number of anilines is 1. The molecule has 0 aromatic carbocycles. The number of aryl methyl sites for hydroxylation is 1. The lowest BCUT2D eigenvalue weighted by molar-refractivity contribution is 0.847. The molecule has 0 spiro atoms. The lowest BCUT2D eigenvalue weighted by atomic mass is 10.3. The smallest absolute Gasteiger partial charge is 0.124 e. The second kappa shape index (κ2) is 3.99. The third-order valence-corrected chi connectivity index (χ3v) is 2.13. The minimum atomic E-state index is 0.737. The van der Waals surface area contributed by atoms with Gasteiger partial charge >= 0.3 is 0 Å². The lowest BCUT2D eigenvalue weighted by Crippen LogP contribution is -2.22. The summed E-state index contributed by atoms with van der Waals surface area (Å²) >= 11 is 0. The van der Waals surface area contributed by atoms with Crippen molar-refractivity contribution in [3.8, 4) is 6.07 Å². The molecule has 0 unspecified atom stereocenters. The number of rotatable bonds is 3. The Bertz CT molecular complexity index is 315. The van der Waals surface area contributed by atoms with Crippen LogP contribution in [0.1, 0.15) is 25.1 Å². The number of hydrogen-bond donors (Lipinski definition) is 1. The minimum absolute atomic E-state index is 0.737. The Labute approximate surface area is 79.0 Å². The van der Waals surface area contributed by atoms with Gasteiger partial charge in [-0.2, -0.15) is 5.26 Å². The summed E-state index contributed by atoms with van der Waals surface area (Å²) in [6.07, 6.45) is 0. The predicted molar refractivity (Wildman–Crippen MR) is 53.8 cm³/mol. The zero-order valence-corrected chi connectivity index (χ0v) is 8.39. The average Bonchev–Trinajstić information content (AvgIpc) is 2.49. The van der Waals surface area contributed by atoms with Crippen LogP contribution < -0.4 is 4.90 Å². The largest absolute Gasteiger partial charge is 0.358 e. The first-order valence-electron chi connectivity index (χ1n) is 4.57. The standard InChI is InChI=1S/C10H15N3/c1-4-13(5-2)10-9(7-11)6-8(3)12-10/h6,12H,4-5H2,1-3H3. The van der Waals surface area contributed by atoms with Crippen LogP contribution in [0.25, 0.3) is 0 Å². The normalized spacial score (nSPS) is 9.69. The third-order valence-electron chi connectivity index (χ3n) is 2.13. The van der Waals surface area contributed by atoms with Crippen molar-refractivity contribution in [1.29, 1.82) is 5.26 Å². The first-order chi connectivity index (χ1) is 6.22. The van der Waals surface area contributed by atoms with Gasteiger partial charge in [-0.1, -0.05) is 0 Å². The maximum absolute atomic E-state index is 8.88. The highest BCUT2D eigenvalue weighted by Gasteiger charge is 2.10. The Morgan fingerprint density at radius 1 is 1.46 bits per heavy atom. The van der Waals surface area contributed by atoms with Gasteiger partial charge in [-0.25, -0.2) is 0 Å². The number of H-pyrrole nitrogens is 1. The fraction of sp³-hybridized carbons (Fsp3) is 0.500. The molecule has 0 radical (unpaired) electrons. The van der Waals surface area contributed by atoms with Gasteiger partial charge in [0.15, 0.2) is 0 Å². The van der Waals surface area contributed by atoms with Gasteiger partial charge < -0.3 is 9.88 Å². The van der Waals surface area contributed by atoms with Crippen LogP contribution in [-0.2, 0) is 0 Å². The van der Waals surface area contributed by atoms with Gasteiger partial charge in [0.2, 0.25) is 0 Å². The molecule has 0 bridgehead atoms. The minimum Gasteiger partial charge on any atom is -0.358 e.